The summed E-state index contributed by atoms with van der Waals surface area (Å²) in [5.41, 5.74) is 0. The van der Waals surface area contributed by atoms with E-state index in [4.69, 9.17) is 0 Å². The standard InChI is InChI=1S/2C5H8O2S.2C4H9.Sn/c2*1-2-3-7-5(6)4-8;2*1-3-4-2;/h2*2,8H,1,3-4H2;2*1,3-4H2,2H3;. The predicted molar refractivity (Wildman–Crippen MR) is 115 cm³/mol. The number of carbonyl (C=O) groups is 2. The fourth-order valence-electron chi connectivity index (χ4n) is 1.12. The third-order valence-electron chi connectivity index (χ3n) is 2.40. The van der Waals surface area contributed by atoms with E-state index >= 15 is 0 Å². The molecule has 4 nitrogen and oxygen atoms in total. The first-order chi connectivity index (χ1) is 12.0. The van der Waals surface area contributed by atoms with E-state index in [1.54, 1.807) is 8.87 Å². The van der Waals surface area contributed by atoms with Gasteiger partial charge in [0.2, 0.25) is 0 Å². The van der Waals surface area contributed by atoms with Gasteiger partial charge >= 0.3 is 81.5 Å². The van der Waals surface area contributed by atoms with E-state index in [-0.39, 0.29) is 57.8 Å². The van der Waals surface area contributed by atoms with Crippen LogP contribution in [0.4, 0.5) is 0 Å². The molecular weight excluding hydrogens is 463 g/mol. The Balaban J connectivity index is -0.000000291. The van der Waals surface area contributed by atoms with Crippen LogP contribution in [0.15, 0.2) is 25.3 Å². The van der Waals surface area contributed by atoms with Crippen LogP contribution in [0.5, 0.6) is 0 Å². The molecule has 0 aliphatic heterocycles. The topological polar surface area (TPSA) is 52.6 Å². The van der Waals surface area contributed by atoms with Crippen LogP contribution in [0, 0.1) is 0 Å². The first-order valence-corrected chi connectivity index (χ1v) is 13.8. The first-order valence-electron chi connectivity index (χ1n) is 8.49. The van der Waals surface area contributed by atoms with Crippen molar-refractivity contribution in [3.05, 3.63) is 25.3 Å². The van der Waals surface area contributed by atoms with E-state index in [2.05, 4.69) is 61.7 Å². The fourth-order valence-corrected chi connectivity index (χ4v) is 5.46. The zero-order valence-electron chi connectivity index (χ0n) is 15.7. The number of esters is 2. The van der Waals surface area contributed by atoms with Gasteiger partial charge in [-0.2, -0.15) is 25.3 Å². The Labute approximate surface area is 175 Å². The normalized spacial score (nSPS) is 8.80. The van der Waals surface area contributed by atoms with Crippen LogP contribution in [-0.2, 0) is 19.1 Å². The van der Waals surface area contributed by atoms with Crippen LogP contribution in [0.25, 0.3) is 0 Å². The minimum atomic E-state index is -0.312. The summed E-state index contributed by atoms with van der Waals surface area (Å²) >= 11 is 7.51. The third kappa shape index (κ3) is 35.8. The second kappa shape index (κ2) is 28.7. The number of thiol groups is 2. The summed E-state index contributed by atoms with van der Waals surface area (Å²) in [6.07, 6.45) is 8.87. The molecule has 0 aromatic carbocycles. The van der Waals surface area contributed by atoms with Crippen LogP contribution < -0.4 is 0 Å². The van der Waals surface area contributed by atoms with E-state index < -0.39 is 0 Å². The molecule has 0 aromatic rings. The van der Waals surface area contributed by atoms with Crippen LogP contribution >= 0.6 is 25.3 Å². The van der Waals surface area contributed by atoms with Crippen molar-refractivity contribution in [2.45, 2.75) is 48.4 Å². The van der Waals surface area contributed by atoms with Crippen LogP contribution in [0.1, 0.15) is 39.5 Å². The molecule has 0 spiro atoms. The quantitative estimate of drug-likeness (QED) is 0.138. The van der Waals surface area contributed by atoms with E-state index in [0.717, 1.165) is 0 Å². The van der Waals surface area contributed by atoms with E-state index in [0.29, 0.717) is 0 Å². The summed E-state index contributed by atoms with van der Waals surface area (Å²) in [5.74, 6) is -0.358. The molecule has 0 aromatic heterocycles. The second-order valence-corrected chi connectivity index (χ2v) is 9.63. The van der Waals surface area contributed by atoms with Crippen molar-refractivity contribution < 1.29 is 19.1 Å². The molecule has 146 valence electrons. The Kier molecular flexibility index (Phi) is 34.1. The molecule has 0 fully saturated rings. The Morgan fingerprint density at radius 3 is 1.48 bits per heavy atom. The molecule has 0 unspecified atom stereocenters. The zero-order valence-corrected chi connectivity index (χ0v) is 20.3. The molecule has 7 heteroatoms. The summed E-state index contributed by atoms with van der Waals surface area (Å²) in [6.45, 7) is 11.9. The van der Waals surface area contributed by atoms with Gasteiger partial charge in [-0.05, 0) is 0 Å². The molecule has 0 saturated carbocycles. The van der Waals surface area contributed by atoms with Gasteiger partial charge in [0, 0.05) is 0 Å². The summed E-state index contributed by atoms with van der Waals surface area (Å²) in [4.78, 5) is 20.4. The SMILES string of the molecule is C=CCOC(=O)CS.C=CCOC(=O)CS.CCC[CH2][Sn][CH2]CCC. The Morgan fingerprint density at radius 2 is 1.24 bits per heavy atom. The van der Waals surface area contributed by atoms with Crippen LogP contribution in [0.2, 0.25) is 8.87 Å². The number of ether oxygens (including phenoxy) is 2. The van der Waals surface area contributed by atoms with Gasteiger partial charge in [-0.1, -0.05) is 25.3 Å². The second-order valence-electron chi connectivity index (χ2n) is 4.72. The number of carbonyl (C=O) groups excluding carboxylic acids is 2. The van der Waals surface area contributed by atoms with Gasteiger partial charge in [-0.3, -0.25) is 9.59 Å². The van der Waals surface area contributed by atoms with Crippen molar-refractivity contribution in [1.82, 2.24) is 0 Å². The molecular formula is C18H34O4S2Sn. The molecule has 0 bridgehead atoms. The summed E-state index contributed by atoms with van der Waals surface area (Å²) < 4.78 is 12.3. The van der Waals surface area contributed by atoms with Crippen molar-refractivity contribution in [2.24, 2.45) is 0 Å². The van der Waals surface area contributed by atoms with Crippen molar-refractivity contribution in [1.29, 1.82) is 0 Å². The van der Waals surface area contributed by atoms with Gasteiger partial charge in [0.1, 0.15) is 13.2 Å². The van der Waals surface area contributed by atoms with Gasteiger partial charge in [0.05, 0.1) is 11.5 Å². The number of hydrogen-bond donors (Lipinski definition) is 2. The van der Waals surface area contributed by atoms with Crippen LogP contribution in [-0.4, -0.2) is 57.8 Å². The van der Waals surface area contributed by atoms with Crippen molar-refractivity contribution in [2.75, 3.05) is 24.7 Å². The van der Waals surface area contributed by atoms with E-state index in [1.807, 2.05) is 0 Å². The maximum atomic E-state index is 10.2. The molecule has 25 heavy (non-hydrogen) atoms. The summed E-state index contributed by atoms with van der Waals surface area (Å²) in [5, 5.41) is 0. The molecule has 0 aliphatic rings. The average Bonchev–Trinajstić information content (AvgIpc) is 2.65. The van der Waals surface area contributed by atoms with Gasteiger partial charge in [-0.25, -0.2) is 0 Å². The first kappa shape index (κ1) is 29.7. The molecule has 0 N–H and O–H groups in total. The molecule has 0 aliphatic carbocycles. The average molecular weight is 497 g/mol. The van der Waals surface area contributed by atoms with Gasteiger partial charge in [0.25, 0.3) is 0 Å². The maximum absolute atomic E-state index is 10.2. The van der Waals surface area contributed by atoms with Gasteiger partial charge < -0.3 is 9.47 Å². The number of hydrogen-bond acceptors (Lipinski definition) is 6. The Bertz CT molecular complexity index is 296. The predicted octanol–water partition coefficient (Wildman–Crippen LogP) is 4.42. The Hall–Kier alpha value is -0.0813. The van der Waals surface area contributed by atoms with Crippen molar-refractivity contribution in [3.8, 4) is 0 Å². The summed E-state index contributed by atoms with van der Waals surface area (Å²) in [6, 6.07) is 0. The molecule has 0 atom stereocenters. The van der Waals surface area contributed by atoms with Crippen LogP contribution in [0.3, 0.4) is 0 Å². The van der Waals surface area contributed by atoms with Crippen molar-refractivity contribution in [3.63, 3.8) is 0 Å². The van der Waals surface area contributed by atoms with Crippen molar-refractivity contribution >= 4 is 58.3 Å². The molecule has 2 radical (unpaired) electrons. The van der Waals surface area contributed by atoms with Gasteiger partial charge in [0.15, 0.2) is 0 Å². The molecule has 0 rings (SSSR count). The zero-order chi connectivity index (χ0) is 19.8. The minimum absolute atomic E-state index is 0.133. The molecule has 0 amide bonds. The molecule has 0 heterocycles. The fraction of sp³-hybridized carbons (Fsp3) is 0.667. The number of rotatable bonds is 12. The third-order valence-corrected chi connectivity index (χ3v) is 6.95. The van der Waals surface area contributed by atoms with E-state index in [9.17, 15) is 9.59 Å². The summed E-state index contributed by atoms with van der Waals surface area (Å²) in [7, 11) is 0. The monoisotopic (exact) mass is 498 g/mol. The number of unbranched alkanes of at least 4 members (excludes halogenated alkanes) is 2. The Morgan fingerprint density at radius 1 is 0.880 bits per heavy atom. The van der Waals surface area contributed by atoms with E-state index in [1.165, 1.54) is 37.8 Å². The molecule has 0 saturated heterocycles. The van der Waals surface area contributed by atoms with Gasteiger partial charge in [-0.15, -0.1) is 0 Å².